The zero-order valence-corrected chi connectivity index (χ0v) is 16.5. The number of rotatable bonds is 5. The lowest BCUT2D eigenvalue weighted by atomic mass is 10.2. The Hall–Kier alpha value is -2.58. The quantitative estimate of drug-likeness (QED) is 0.750. The van der Waals surface area contributed by atoms with Crippen molar-refractivity contribution in [2.45, 2.75) is 4.90 Å². The van der Waals surface area contributed by atoms with Crippen LogP contribution in [0.5, 0.6) is 0 Å². The normalized spacial score (nSPS) is 14.6. The summed E-state index contributed by atoms with van der Waals surface area (Å²) in [5.41, 5.74) is 1.31. The van der Waals surface area contributed by atoms with Crippen LogP contribution in [0, 0.1) is 5.82 Å². The Labute approximate surface area is 168 Å². The van der Waals surface area contributed by atoms with Gasteiger partial charge in [-0.15, -0.1) is 0 Å². The standard InChI is InChI=1S/C19H19ClFN3O3S/c1-2-19(25)24-11-9-23(10-12-24)15-5-3-14(4-6-15)22-28(26,27)16-7-8-18(21)17(20)13-16/h2-8,13,22H,1,9-12H2. The number of anilines is 2. The monoisotopic (exact) mass is 423 g/mol. The number of nitrogens with zero attached hydrogens (tertiary/aromatic N) is 2. The first kappa shape index (κ1) is 20.2. The summed E-state index contributed by atoms with van der Waals surface area (Å²) in [4.78, 5) is 15.4. The fourth-order valence-electron chi connectivity index (χ4n) is 2.91. The van der Waals surface area contributed by atoms with Crippen molar-refractivity contribution in [2.75, 3.05) is 35.8 Å². The molecule has 6 nitrogen and oxygen atoms in total. The molecule has 0 aliphatic carbocycles. The van der Waals surface area contributed by atoms with Gasteiger partial charge in [0.15, 0.2) is 0 Å². The number of sulfonamides is 1. The fraction of sp³-hybridized carbons (Fsp3) is 0.211. The minimum absolute atomic E-state index is 0.0784. The Morgan fingerprint density at radius 1 is 1.11 bits per heavy atom. The zero-order valence-electron chi connectivity index (χ0n) is 14.9. The van der Waals surface area contributed by atoms with Gasteiger partial charge in [-0.05, 0) is 48.5 Å². The van der Waals surface area contributed by atoms with E-state index in [1.165, 1.54) is 6.08 Å². The van der Waals surface area contributed by atoms with Gasteiger partial charge in [-0.3, -0.25) is 9.52 Å². The third-order valence-corrected chi connectivity index (χ3v) is 6.12. The molecule has 1 aliphatic rings. The van der Waals surface area contributed by atoms with E-state index >= 15 is 0 Å². The predicted molar refractivity (Wildman–Crippen MR) is 108 cm³/mol. The molecule has 0 bridgehead atoms. The highest BCUT2D eigenvalue weighted by Crippen LogP contribution is 2.24. The summed E-state index contributed by atoms with van der Waals surface area (Å²) in [6, 6.07) is 10.1. The number of hydrogen-bond donors (Lipinski definition) is 1. The molecule has 3 rings (SSSR count). The second-order valence-corrected chi connectivity index (χ2v) is 8.33. The van der Waals surface area contributed by atoms with E-state index in [4.69, 9.17) is 11.6 Å². The van der Waals surface area contributed by atoms with Gasteiger partial charge in [0, 0.05) is 37.6 Å². The van der Waals surface area contributed by atoms with E-state index in [-0.39, 0.29) is 15.8 Å². The smallest absolute Gasteiger partial charge is 0.261 e. The van der Waals surface area contributed by atoms with Crippen LogP contribution in [-0.4, -0.2) is 45.4 Å². The van der Waals surface area contributed by atoms with Gasteiger partial charge in [-0.25, -0.2) is 12.8 Å². The third-order valence-electron chi connectivity index (χ3n) is 4.45. The van der Waals surface area contributed by atoms with Gasteiger partial charge in [0.25, 0.3) is 10.0 Å². The van der Waals surface area contributed by atoms with Crippen molar-refractivity contribution in [1.82, 2.24) is 4.90 Å². The molecule has 28 heavy (non-hydrogen) atoms. The molecule has 148 valence electrons. The number of hydrogen-bond acceptors (Lipinski definition) is 4. The van der Waals surface area contributed by atoms with Crippen molar-refractivity contribution < 1.29 is 17.6 Å². The van der Waals surface area contributed by atoms with Crippen molar-refractivity contribution in [2.24, 2.45) is 0 Å². The molecule has 1 saturated heterocycles. The second-order valence-electron chi connectivity index (χ2n) is 6.24. The molecule has 1 N–H and O–H groups in total. The van der Waals surface area contributed by atoms with Crippen LogP contribution in [0.15, 0.2) is 60.0 Å². The molecule has 0 spiro atoms. The molecular formula is C19H19ClFN3O3S. The summed E-state index contributed by atoms with van der Waals surface area (Å²) in [6.45, 7) is 6.06. The molecule has 0 unspecified atom stereocenters. The second kappa shape index (κ2) is 8.20. The number of nitrogens with one attached hydrogen (secondary N) is 1. The average molecular weight is 424 g/mol. The topological polar surface area (TPSA) is 69.7 Å². The minimum atomic E-state index is -3.88. The Kier molecular flexibility index (Phi) is 5.90. The van der Waals surface area contributed by atoms with Crippen LogP contribution in [0.3, 0.4) is 0 Å². The number of amides is 1. The van der Waals surface area contributed by atoms with Crippen LogP contribution in [0.2, 0.25) is 5.02 Å². The average Bonchev–Trinajstić information content (AvgIpc) is 2.70. The van der Waals surface area contributed by atoms with E-state index in [2.05, 4.69) is 16.2 Å². The molecule has 1 aliphatic heterocycles. The first-order valence-corrected chi connectivity index (χ1v) is 10.4. The van der Waals surface area contributed by atoms with Gasteiger partial charge < -0.3 is 9.80 Å². The Bertz CT molecular complexity index is 988. The Morgan fingerprint density at radius 2 is 1.75 bits per heavy atom. The van der Waals surface area contributed by atoms with Gasteiger partial charge in [0.2, 0.25) is 5.91 Å². The zero-order chi connectivity index (χ0) is 20.3. The van der Waals surface area contributed by atoms with E-state index in [0.717, 1.165) is 23.9 Å². The van der Waals surface area contributed by atoms with Crippen molar-refractivity contribution in [3.63, 3.8) is 0 Å². The number of benzene rings is 2. The largest absolute Gasteiger partial charge is 0.368 e. The summed E-state index contributed by atoms with van der Waals surface area (Å²) in [5.74, 6) is -0.759. The molecule has 0 atom stereocenters. The van der Waals surface area contributed by atoms with Crippen LogP contribution in [-0.2, 0) is 14.8 Å². The molecule has 0 aromatic heterocycles. The van der Waals surface area contributed by atoms with Crippen molar-refractivity contribution >= 4 is 38.9 Å². The molecule has 2 aromatic rings. The maximum absolute atomic E-state index is 13.2. The molecule has 1 amide bonds. The van der Waals surface area contributed by atoms with E-state index in [1.807, 2.05) is 0 Å². The van der Waals surface area contributed by atoms with Crippen LogP contribution in [0.1, 0.15) is 0 Å². The van der Waals surface area contributed by atoms with Crippen LogP contribution in [0.25, 0.3) is 0 Å². The van der Waals surface area contributed by atoms with Crippen molar-refractivity contribution in [1.29, 1.82) is 0 Å². The van der Waals surface area contributed by atoms with Gasteiger partial charge in [0.1, 0.15) is 5.82 Å². The van der Waals surface area contributed by atoms with Gasteiger partial charge in [-0.1, -0.05) is 18.2 Å². The van der Waals surface area contributed by atoms with Crippen molar-refractivity contribution in [3.05, 3.63) is 66.0 Å². The molecule has 1 heterocycles. The molecule has 0 radical (unpaired) electrons. The molecule has 9 heteroatoms. The lowest BCUT2D eigenvalue weighted by molar-refractivity contribution is -0.126. The number of halogens is 2. The van der Waals surface area contributed by atoms with Gasteiger partial charge in [0.05, 0.1) is 9.92 Å². The van der Waals surface area contributed by atoms with Crippen LogP contribution < -0.4 is 9.62 Å². The summed E-state index contributed by atoms with van der Waals surface area (Å²) in [7, 11) is -3.88. The SMILES string of the molecule is C=CC(=O)N1CCN(c2ccc(NS(=O)(=O)c3ccc(F)c(Cl)c3)cc2)CC1. The van der Waals surface area contributed by atoms with E-state index in [1.54, 1.807) is 29.2 Å². The minimum Gasteiger partial charge on any atom is -0.368 e. The predicted octanol–water partition coefficient (Wildman–Crippen LogP) is 3.11. The number of carbonyl (C=O) groups is 1. The maximum atomic E-state index is 13.2. The third kappa shape index (κ3) is 4.45. The first-order chi connectivity index (χ1) is 13.3. The van der Waals surface area contributed by atoms with Gasteiger partial charge >= 0.3 is 0 Å². The summed E-state index contributed by atoms with van der Waals surface area (Å²) in [6.07, 6.45) is 1.31. The molecule has 1 fully saturated rings. The van der Waals surface area contributed by atoms with Crippen LogP contribution >= 0.6 is 11.6 Å². The molecule has 2 aromatic carbocycles. The molecule has 0 saturated carbocycles. The number of carbonyl (C=O) groups excluding carboxylic acids is 1. The summed E-state index contributed by atoms with van der Waals surface area (Å²) < 4.78 is 40.6. The van der Waals surface area contributed by atoms with Crippen LogP contribution in [0.4, 0.5) is 15.8 Å². The lowest BCUT2D eigenvalue weighted by Crippen LogP contribution is -2.48. The maximum Gasteiger partial charge on any atom is 0.261 e. The number of piperazine rings is 1. The molecular weight excluding hydrogens is 405 g/mol. The van der Waals surface area contributed by atoms with E-state index in [9.17, 15) is 17.6 Å². The lowest BCUT2D eigenvalue weighted by Gasteiger charge is -2.35. The highest BCUT2D eigenvalue weighted by Gasteiger charge is 2.20. The Morgan fingerprint density at radius 3 is 2.32 bits per heavy atom. The summed E-state index contributed by atoms with van der Waals surface area (Å²) >= 11 is 5.67. The fourth-order valence-corrected chi connectivity index (χ4v) is 4.24. The Balaban J connectivity index is 1.67. The van der Waals surface area contributed by atoms with E-state index in [0.29, 0.717) is 31.9 Å². The van der Waals surface area contributed by atoms with E-state index < -0.39 is 15.8 Å². The van der Waals surface area contributed by atoms with Crippen molar-refractivity contribution in [3.8, 4) is 0 Å². The van der Waals surface area contributed by atoms with Gasteiger partial charge in [-0.2, -0.15) is 0 Å². The summed E-state index contributed by atoms with van der Waals surface area (Å²) in [5, 5.41) is -0.257. The highest BCUT2D eigenvalue weighted by molar-refractivity contribution is 7.92. The first-order valence-electron chi connectivity index (χ1n) is 8.54. The highest BCUT2D eigenvalue weighted by atomic mass is 35.5.